The number of likely N-dealkylation sites (tertiary alicyclic amines) is 1. The molecule has 0 aromatic heterocycles. The Kier molecular flexibility index (Phi) is 5.02. The highest BCUT2D eigenvalue weighted by molar-refractivity contribution is 5.83. The van der Waals surface area contributed by atoms with Gasteiger partial charge in [-0.15, -0.1) is 0 Å². The Morgan fingerprint density at radius 1 is 1.06 bits per heavy atom. The molecule has 2 fully saturated rings. The summed E-state index contributed by atoms with van der Waals surface area (Å²) in [5, 5.41) is 0. The summed E-state index contributed by atoms with van der Waals surface area (Å²) in [5.74, 6) is 1.34. The largest absolute Gasteiger partial charge is 0.298 e. The standard InChI is InChI=1S/C15H27NO/c1-2-15(17)14-10-6-7-11-16(14)12-13-8-4-3-5-9-13/h13-14H,2-12H2,1H3. The molecule has 98 valence electrons. The van der Waals surface area contributed by atoms with Crippen LogP contribution in [0.15, 0.2) is 0 Å². The van der Waals surface area contributed by atoms with Crippen LogP contribution < -0.4 is 0 Å². The number of rotatable bonds is 4. The fourth-order valence-corrected chi connectivity index (χ4v) is 3.51. The minimum absolute atomic E-state index is 0.260. The maximum atomic E-state index is 12.0. The third-order valence-electron chi connectivity index (χ3n) is 4.55. The van der Waals surface area contributed by atoms with Gasteiger partial charge in [-0.1, -0.05) is 32.6 Å². The number of nitrogens with zero attached hydrogens (tertiary/aromatic N) is 1. The quantitative estimate of drug-likeness (QED) is 0.747. The van der Waals surface area contributed by atoms with Crippen LogP contribution in [0.3, 0.4) is 0 Å². The normalized spacial score (nSPS) is 28.2. The van der Waals surface area contributed by atoms with Crippen LogP contribution in [0.5, 0.6) is 0 Å². The molecule has 1 atom stereocenters. The number of hydrogen-bond acceptors (Lipinski definition) is 2. The van der Waals surface area contributed by atoms with E-state index in [4.69, 9.17) is 0 Å². The van der Waals surface area contributed by atoms with Crippen molar-refractivity contribution in [2.75, 3.05) is 13.1 Å². The first-order chi connectivity index (χ1) is 8.31. The Morgan fingerprint density at radius 2 is 1.76 bits per heavy atom. The van der Waals surface area contributed by atoms with E-state index in [1.54, 1.807) is 0 Å². The Labute approximate surface area is 106 Å². The Balaban J connectivity index is 1.88. The molecule has 17 heavy (non-hydrogen) atoms. The highest BCUT2D eigenvalue weighted by Gasteiger charge is 2.29. The van der Waals surface area contributed by atoms with Crippen LogP contribution in [0.25, 0.3) is 0 Å². The molecule has 0 spiro atoms. The summed E-state index contributed by atoms with van der Waals surface area (Å²) in [7, 11) is 0. The molecule has 2 heteroatoms. The van der Waals surface area contributed by atoms with E-state index in [-0.39, 0.29) is 6.04 Å². The molecule has 1 aliphatic heterocycles. The van der Waals surface area contributed by atoms with E-state index in [9.17, 15) is 4.79 Å². The third kappa shape index (κ3) is 3.54. The summed E-state index contributed by atoms with van der Waals surface area (Å²) in [5.41, 5.74) is 0. The summed E-state index contributed by atoms with van der Waals surface area (Å²) in [6.07, 6.45) is 11.4. The molecule has 0 bridgehead atoms. The van der Waals surface area contributed by atoms with Gasteiger partial charge in [0, 0.05) is 13.0 Å². The molecule has 1 saturated heterocycles. The van der Waals surface area contributed by atoms with Gasteiger partial charge < -0.3 is 0 Å². The van der Waals surface area contributed by atoms with Crippen LogP contribution in [0.1, 0.15) is 64.7 Å². The zero-order chi connectivity index (χ0) is 12.1. The fourth-order valence-electron chi connectivity index (χ4n) is 3.51. The van der Waals surface area contributed by atoms with Crippen molar-refractivity contribution in [3.63, 3.8) is 0 Å². The van der Waals surface area contributed by atoms with E-state index < -0.39 is 0 Å². The second kappa shape index (κ2) is 6.53. The topological polar surface area (TPSA) is 20.3 Å². The van der Waals surface area contributed by atoms with Gasteiger partial charge in [0.05, 0.1) is 6.04 Å². The van der Waals surface area contributed by atoms with Crippen LogP contribution in [0.2, 0.25) is 0 Å². The highest BCUT2D eigenvalue weighted by Crippen LogP contribution is 2.27. The smallest absolute Gasteiger partial charge is 0.149 e. The SMILES string of the molecule is CCC(=O)C1CCCCN1CC1CCCCC1. The van der Waals surface area contributed by atoms with Crippen molar-refractivity contribution in [2.24, 2.45) is 5.92 Å². The lowest BCUT2D eigenvalue weighted by molar-refractivity contribution is -0.125. The summed E-state index contributed by atoms with van der Waals surface area (Å²) < 4.78 is 0. The summed E-state index contributed by atoms with van der Waals surface area (Å²) >= 11 is 0. The first-order valence-corrected chi connectivity index (χ1v) is 7.58. The van der Waals surface area contributed by atoms with Crippen molar-refractivity contribution in [3.8, 4) is 0 Å². The van der Waals surface area contributed by atoms with E-state index in [2.05, 4.69) is 4.90 Å². The van der Waals surface area contributed by atoms with Gasteiger partial charge in [0.1, 0.15) is 5.78 Å². The monoisotopic (exact) mass is 237 g/mol. The average Bonchev–Trinajstić information content (AvgIpc) is 2.40. The van der Waals surface area contributed by atoms with Crippen LogP contribution in [-0.4, -0.2) is 29.8 Å². The molecule has 1 aliphatic carbocycles. The molecule has 1 unspecified atom stereocenters. The van der Waals surface area contributed by atoms with Crippen molar-refractivity contribution in [1.82, 2.24) is 4.90 Å². The molecule has 0 aromatic rings. The van der Waals surface area contributed by atoms with Gasteiger partial charge in [-0.2, -0.15) is 0 Å². The average molecular weight is 237 g/mol. The van der Waals surface area contributed by atoms with Crippen molar-refractivity contribution >= 4 is 5.78 Å². The molecule has 2 aliphatic rings. The number of carbonyl (C=O) groups excluding carboxylic acids is 1. The lowest BCUT2D eigenvalue weighted by Crippen LogP contribution is -2.46. The minimum atomic E-state index is 0.260. The molecule has 0 aromatic carbocycles. The minimum Gasteiger partial charge on any atom is -0.298 e. The predicted octanol–water partition coefficient (Wildman–Crippen LogP) is 3.40. The second-order valence-electron chi connectivity index (χ2n) is 5.83. The van der Waals surface area contributed by atoms with Crippen molar-refractivity contribution in [2.45, 2.75) is 70.8 Å². The molecular formula is C15H27NO. The van der Waals surface area contributed by atoms with Gasteiger partial charge in [0.15, 0.2) is 0 Å². The highest BCUT2D eigenvalue weighted by atomic mass is 16.1. The van der Waals surface area contributed by atoms with Gasteiger partial charge in [0.2, 0.25) is 0 Å². The molecule has 2 rings (SSSR count). The van der Waals surface area contributed by atoms with E-state index in [0.29, 0.717) is 12.2 Å². The van der Waals surface area contributed by atoms with Crippen LogP contribution in [-0.2, 0) is 4.79 Å². The lowest BCUT2D eigenvalue weighted by Gasteiger charge is -2.37. The van der Waals surface area contributed by atoms with Crippen molar-refractivity contribution in [3.05, 3.63) is 0 Å². The van der Waals surface area contributed by atoms with Gasteiger partial charge in [-0.05, 0) is 38.1 Å². The first-order valence-electron chi connectivity index (χ1n) is 7.58. The molecule has 1 heterocycles. The summed E-state index contributed by atoms with van der Waals surface area (Å²) in [6.45, 7) is 4.36. The third-order valence-corrected chi connectivity index (χ3v) is 4.55. The maximum absolute atomic E-state index is 12.0. The zero-order valence-electron chi connectivity index (χ0n) is 11.3. The predicted molar refractivity (Wildman–Crippen MR) is 71.1 cm³/mol. The van der Waals surface area contributed by atoms with E-state index in [1.807, 2.05) is 6.92 Å². The number of Topliss-reactive ketones (excluding diaryl/α,β-unsaturated/α-hetero) is 1. The molecule has 0 radical (unpaired) electrons. The second-order valence-corrected chi connectivity index (χ2v) is 5.83. The maximum Gasteiger partial charge on any atom is 0.149 e. The molecule has 0 amide bonds. The Bertz CT molecular complexity index is 245. The van der Waals surface area contributed by atoms with Crippen molar-refractivity contribution in [1.29, 1.82) is 0 Å². The van der Waals surface area contributed by atoms with Gasteiger partial charge in [-0.25, -0.2) is 0 Å². The number of hydrogen-bond donors (Lipinski definition) is 0. The summed E-state index contributed by atoms with van der Waals surface area (Å²) in [4.78, 5) is 14.5. The Morgan fingerprint density at radius 3 is 2.47 bits per heavy atom. The molecule has 1 saturated carbocycles. The molecule has 0 N–H and O–H groups in total. The van der Waals surface area contributed by atoms with E-state index in [1.165, 1.54) is 51.5 Å². The number of carbonyl (C=O) groups is 1. The van der Waals surface area contributed by atoms with Crippen LogP contribution >= 0.6 is 0 Å². The van der Waals surface area contributed by atoms with Crippen molar-refractivity contribution < 1.29 is 4.79 Å². The van der Waals surface area contributed by atoms with E-state index >= 15 is 0 Å². The fraction of sp³-hybridized carbons (Fsp3) is 0.933. The molecular weight excluding hydrogens is 210 g/mol. The molecule has 2 nitrogen and oxygen atoms in total. The number of piperidine rings is 1. The Hall–Kier alpha value is -0.370. The van der Waals surface area contributed by atoms with E-state index in [0.717, 1.165) is 18.9 Å². The lowest BCUT2D eigenvalue weighted by atomic mass is 9.87. The van der Waals surface area contributed by atoms with Gasteiger partial charge in [0.25, 0.3) is 0 Å². The number of ketones is 1. The van der Waals surface area contributed by atoms with Gasteiger partial charge >= 0.3 is 0 Å². The van der Waals surface area contributed by atoms with Crippen LogP contribution in [0.4, 0.5) is 0 Å². The van der Waals surface area contributed by atoms with Crippen LogP contribution in [0, 0.1) is 5.92 Å². The zero-order valence-corrected chi connectivity index (χ0v) is 11.3. The van der Waals surface area contributed by atoms with Gasteiger partial charge in [-0.3, -0.25) is 9.69 Å². The summed E-state index contributed by atoms with van der Waals surface area (Å²) in [6, 6.07) is 0.260. The first kappa shape index (κ1) is 13.1.